The van der Waals surface area contributed by atoms with Gasteiger partial charge in [-0.1, -0.05) is 200 Å². The van der Waals surface area contributed by atoms with Gasteiger partial charge in [-0.3, -0.25) is 4.98 Å². The predicted octanol–water partition coefficient (Wildman–Crippen LogP) is 16.1. The molecule has 1 aliphatic carbocycles. The molecule has 0 amide bonds. The lowest BCUT2D eigenvalue weighted by Crippen LogP contribution is -2.22. The average Bonchev–Trinajstić information content (AvgIpc) is 3.63. The fraction of sp³-hybridized carbons (Fsp3) is 0.667. The number of thiophene rings is 1. The third kappa shape index (κ3) is 27.7. The van der Waals surface area contributed by atoms with Crippen molar-refractivity contribution in [3.63, 3.8) is 0 Å². The Kier molecular flexibility index (Phi) is 32.0. The maximum Gasteiger partial charge on any atom is 0.0305 e. The van der Waals surface area contributed by atoms with Crippen LogP contribution in [0.4, 0.5) is 0 Å². The van der Waals surface area contributed by atoms with Gasteiger partial charge in [0, 0.05) is 17.3 Å². The second-order valence-corrected chi connectivity index (χ2v) is 16.0. The molecule has 1 saturated carbocycles. The molecule has 3 aromatic rings. The molecule has 274 valence electrons. The standard InChI is InChI=1S/C10H20.C10H14.C9H13N.C8H12S.4C2H6/c2*1-10(2,3)9-7-5-4-6-8-9;1-9(2,3)8-5-4-6-10-7-8;1-8(2,3)7-5-4-6-9-7;4*1-2/h9H,4-8H2,1-3H3;4-8H,1-3H3;4-7H,1-3H3;4-6H,1-3H3;4*1-2H3. The molecular formula is C45H83NS. The van der Waals surface area contributed by atoms with Gasteiger partial charge in [0.25, 0.3) is 0 Å². The lowest BCUT2D eigenvalue weighted by atomic mass is 9.72. The fourth-order valence-corrected chi connectivity index (χ4v) is 5.23. The molecule has 4 rings (SSSR count). The molecule has 0 saturated heterocycles. The van der Waals surface area contributed by atoms with E-state index in [2.05, 4.69) is 142 Å². The van der Waals surface area contributed by atoms with Gasteiger partial charge < -0.3 is 0 Å². The number of nitrogens with zero attached hydrogens (tertiary/aromatic N) is 1. The van der Waals surface area contributed by atoms with Crippen LogP contribution in [-0.2, 0) is 16.2 Å². The third-order valence-electron chi connectivity index (χ3n) is 7.26. The van der Waals surface area contributed by atoms with Crippen LogP contribution >= 0.6 is 11.3 Å². The molecule has 0 aliphatic heterocycles. The zero-order valence-electron chi connectivity index (χ0n) is 35.4. The Morgan fingerprint density at radius 2 is 0.957 bits per heavy atom. The van der Waals surface area contributed by atoms with Gasteiger partial charge in [-0.05, 0) is 69.1 Å². The van der Waals surface area contributed by atoms with Gasteiger partial charge >= 0.3 is 0 Å². The number of hydrogen-bond acceptors (Lipinski definition) is 2. The second kappa shape index (κ2) is 29.0. The molecule has 0 unspecified atom stereocenters. The van der Waals surface area contributed by atoms with Gasteiger partial charge in [-0.15, -0.1) is 11.3 Å². The first-order valence-electron chi connectivity index (χ1n) is 18.9. The van der Waals surface area contributed by atoms with Gasteiger partial charge in [-0.2, -0.15) is 0 Å². The first kappa shape index (κ1) is 51.9. The Bertz CT molecular complexity index is 937. The van der Waals surface area contributed by atoms with E-state index in [0.717, 1.165) is 5.92 Å². The van der Waals surface area contributed by atoms with Crippen molar-refractivity contribution in [2.45, 2.75) is 187 Å². The maximum absolute atomic E-state index is 4.05. The van der Waals surface area contributed by atoms with E-state index in [1.807, 2.05) is 79.0 Å². The Morgan fingerprint density at radius 1 is 0.511 bits per heavy atom. The minimum absolute atomic E-state index is 0.230. The van der Waals surface area contributed by atoms with Crippen LogP contribution in [0.1, 0.15) is 187 Å². The van der Waals surface area contributed by atoms with Crippen molar-refractivity contribution >= 4 is 11.3 Å². The highest BCUT2D eigenvalue weighted by molar-refractivity contribution is 7.10. The largest absolute Gasteiger partial charge is 0.264 e. The van der Waals surface area contributed by atoms with Crippen molar-refractivity contribution in [3.05, 3.63) is 88.4 Å². The van der Waals surface area contributed by atoms with E-state index in [-0.39, 0.29) is 5.41 Å². The molecule has 0 bridgehead atoms. The number of benzene rings is 1. The smallest absolute Gasteiger partial charge is 0.0305 e. The number of hydrogen-bond donors (Lipinski definition) is 0. The highest BCUT2D eigenvalue weighted by Crippen LogP contribution is 2.37. The van der Waals surface area contributed by atoms with Crippen molar-refractivity contribution in [3.8, 4) is 0 Å². The summed E-state index contributed by atoms with van der Waals surface area (Å²) in [6.45, 7) is 43.1. The molecule has 1 aromatic carbocycles. The van der Waals surface area contributed by atoms with Crippen LogP contribution < -0.4 is 0 Å². The molecule has 1 nitrogen and oxygen atoms in total. The van der Waals surface area contributed by atoms with E-state index in [0.29, 0.717) is 16.2 Å². The van der Waals surface area contributed by atoms with Crippen LogP contribution in [0.15, 0.2) is 72.4 Å². The molecule has 1 aliphatic rings. The zero-order valence-corrected chi connectivity index (χ0v) is 36.2. The Labute approximate surface area is 301 Å². The highest BCUT2D eigenvalue weighted by atomic mass is 32.1. The molecule has 2 heterocycles. The summed E-state index contributed by atoms with van der Waals surface area (Å²) in [6, 6.07) is 18.9. The molecule has 2 aromatic heterocycles. The minimum Gasteiger partial charge on any atom is -0.264 e. The quantitative estimate of drug-likeness (QED) is 0.232. The van der Waals surface area contributed by atoms with Gasteiger partial charge in [0.2, 0.25) is 0 Å². The van der Waals surface area contributed by atoms with Gasteiger partial charge in [0.05, 0.1) is 0 Å². The van der Waals surface area contributed by atoms with Crippen molar-refractivity contribution < 1.29 is 0 Å². The fourth-order valence-electron chi connectivity index (χ4n) is 4.42. The van der Waals surface area contributed by atoms with Crippen molar-refractivity contribution in [1.82, 2.24) is 4.98 Å². The van der Waals surface area contributed by atoms with E-state index < -0.39 is 0 Å². The van der Waals surface area contributed by atoms with E-state index >= 15 is 0 Å². The summed E-state index contributed by atoms with van der Waals surface area (Å²) in [5.74, 6) is 1.00. The van der Waals surface area contributed by atoms with Crippen LogP contribution in [-0.4, -0.2) is 4.98 Å². The normalized spacial score (nSPS) is 12.6. The van der Waals surface area contributed by atoms with Crippen LogP contribution in [0.5, 0.6) is 0 Å². The maximum atomic E-state index is 4.05. The summed E-state index contributed by atoms with van der Waals surface area (Å²) in [5.41, 5.74) is 4.12. The lowest BCUT2D eigenvalue weighted by Gasteiger charge is -2.33. The Balaban J connectivity index is -0.000000244. The molecule has 0 atom stereocenters. The van der Waals surface area contributed by atoms with Gasteiger partial charge in [0.1, 0.15) is 0 Å². The summed E-state index contributed by atoms with van der Waals surface area (Å²) in [5, 5.41) is 2.13. The molecule has 0 spiro atoms. The highest BCUT2D eigenvalue weighted by Gasteiger charge is 2.25. The number of pyridine rings is 1. The average molecular weight is 670 g/mol. The summed E-state index contributed by atoms with van der Waals surface area (Å²) in [7, 11) is 0. The topological polar surface area (TPSA) is 12.9 Å². The zero-order chi connectivity index (χ0) is 37.7. The van der Waals surface area contributed by atoms with E-state index in [1.54, 1.807) is 6.20 Å². The van der Waals surface area contributed by atoms with Gasteiger partial charge in [0.15, 0.2) is 0 Å². The van der Waals surface area contributed by atoms with Crippen molar-refractivity contribution in [2.75, 3.05) is 0 Å². The van der Waals surface area contributed by atoms with Crippen molar-refractivity contribution in [2.24, 2.45) is 11.3 Å². The lowest BCUT2D eigenvalue weighted by molar-refractivity contribution is 0.180. The van der Waals surface area contributed by atoms with Crippen molar-refractivity contribution in [1.29, 1.82) is 0 Å². The number of rotatable bonds is 0. The molecule has 0 N–H and O–H groups in total. The SMILES string of the molecule is CC.CC.CC.CC.CC(C)(C)C1CCCCC1.CC(C)(C)c1ccccc1.CC(C)(C)c1cccnc1.CC(C)(C)c1cccs1. The first-order chi connectivity index (χ1) is 21.9. The Morgan fingerprint density at radius 3 is 1.19 bits per heavy atom. The third-order valence-corrected chi connectivity index (χ3v) is 8.55. The number of aromatic nitrogens is 1. The van der Waals surface area contributed by atoms with E-state index in [4.69, 9.17) is 0 Å². The summed E-state index contributed by atoms with van der Waals surface area (Å²) in [4.78, 5) is 5.51. The van der Waals surface area contributed by atoms with Crippen LogP contribution in [0, 0.1) is 11.3 Å². The van der Waals surface area contributed by atoms with Crippen LogP contribution in [0.3, 0.4) is 0 Å². The monoisotopic (exact) mass is 670 g/mol. The van der Waals surface area contributed by atoms with E-state index in [9.17, 15) is 0 Å². The summed E-state index contributed by atoms with van der Waals surface area (Å²) >= 11 is 1.83. The molecule has 0 radical (unpaired) electrons. The molecule has 2 heteroatoms. The van der Waals surface area contributed by atoms with Gasteiger partial charge in [-0.25, -0.2) is 0 Å². The van der Waals surface area contributed by atoms with Crippen LogP contribution in [0.2, 0.25) is 0 Å². The second-order valence-electron chi connectivity index (χ2n) is 15.0. The van der Waals surface area contributed by atoms with Crippen LogP contribution in [0.25, 0.3) is 0 Å². The predicted molar refractivity (Wildman–Crippen MR) is 223 cm³/mol. The Hall–Kier alpha value is -1.93. The first-order valence-corrected chi connectivity index (χ1v) is 19.8. The summed E-state index contributed by atoms with van der Waals surface area (Å²) in [6.07, 6.45) is 11.1. The molecular weight excluding hydrogens is 587 g/mol. The summed E-state index contributed by atoms with van der Waals surface area (Å²) < 4.78 is 0. The molecule has 47 heavy (non-hydrogen) atoms. The molecule has 1 fully saturated rings. The minimum atomic E-state index is 0.230. The van der Waals surface area contributed by atoms with E-state index in [1.165, 1.54) is 48.1 Å².